The van der Waals surface area contributed by atoms with Gasteiger partial charge in [-0.2, -0.15) is 0 Å². The van der Waals surface area contributed by atoms with Crippen LogP contribution in [-0.2, 0) is 16.0 Å². The van der Waals surface area contributed by atoms with Gasteiger partial charge in [-0.1, -0.05) is 6.07 Å². The second kappa shape index (κ2) is 3.96. The summed E-state index contributed by atoms with van der Waals surface area (Å²) in [6.45, 7) is 1.82. The van der Waals surface area contributed by atoms with E-state index >= 15 is 0 Å². The average Bonchev–Trinajstić information content (AvgIpc) is 2.62. The first-order chi connectivity index (χ1) is 6.75. The van der Waals surface area contributed by atoms with Crippen LogP contribution in [0.25, 0.3) is 0 Å². The lowest BCUT2D eigenvalue weighted by atomic mass is 9.98. The van der Waals surface area contributed by atoms with E-state index in [-0.39, 0.29) is 11.9 Å². The predicted molar refractivity (Wildman–Crippen MR) is 56.0 cm³/mol. The van der Waals surface area contributed by atoms with Crippen molar-refractivity contribution in [1.29, 1.82) is 0 Å². The fraction of sp³-hybridized carbons (Fsp3) is 0.364. The van der Waals surface area contributed by atoms with E-state index in [1.807, 2.05) is 24.4 Å². The van der Waals surface area contributed by atoms with Gasteiger partial charge in [-0.3, -0.25) is 4.79 Å². The van der Waals surface area contributed by atoms with Crippen LogP contribution in [0.1, 0.15) is 18.2 Å². The summed E-state index contributed by atoms with van der Waals surface area (Å²) in [5.41, 5.74) is 0. The zero-order chi connectivity index (χ0) is 9.97. The number of carbonyl (C=O) groups is 1. The minimum atomic E-state index is -0.0848. The first-order valence-electron chi connectivity index (χ1n) is 4.66. The number of allylic oxidation sites excluding steroid dienone is 2. The lowest BCUT2D eigenvalue weighted by molar-refractivity contribution is -0.145. The highest BCUT2D eigenvalue weighted by molar-refractivity contribution is 7.09. The van der Waals surface area contributed by atoms with Crippen LogP contribution < -0.4 is 0 Å². The normalized spacial score (nSPS) is 21.6. The molecule has 0 radical (unpaired) electrons. The van der Waals surface area contributed by atoms with Crippen molar-refractivity contribution < 1.29 is 9.53 Å². The van der Waals surface area contributed by atoms with Crippen LogP contribution in [0.15, 0.2) is 29.3 Å². The summed E-state index contributed by atoms with van der Waals surface area (Å²) >= 11 is 1.69. The molecule has 0 aliphatic carbocycles. The summed E-state index contributed by atoms with van der Waals surface area (Å²) < 4.78 is 5.07. The molecule has 1 unspecified atom stereocenters. The van der Waals surface area contributed by atoms with E-state index in [4.69, 9.17) is 4.74 Å². The lowest BCUT2D eigenvalue weighted by Crippen LogP contribution is -2.22. The van der Waals surface area contributed by atoms with E-state index in [0.29, 0.717) is 0 Å². The third-order valence-corrected chi connectivity index (χ3v) is 3.21. The summed E-state index contributed by atoms with van der Waals surface area (Å²) in [4.78, 5) is 12.7. The Hall–Kier alpha value is -1.09. The molecule has 0 spiro atoms. The highest BCUT2D eigenvalue weighted by atomic mass is 32.1. The lowest BCUT2D eigenvalue weighted by Gasteiger charge is -2.18. The summed E-state index contributed by atoms with van der Waals surface area (Å²) in [6, 6.07) is 4.07. The Labute approximate surface area is 87.2 Å². The van der Waals surface area contributed by atoms with Crippen molar-refractivity contribution in [2.45, 2.75) is 19.8 Å². The molecule has 14 heavy (non-hydrogen) atoms. The number of carbonyl (C=O) groups excluding carboxylic acids is 1. The Balaban J connectivity index is 2.03. The van der Waals surface area contributed by atoms with E-state index in [0.717, 1.165) is 18.6 Å². The topological polar surface area (TPSA) is 26.3 Å². The molecular formula is C11H12O2S. The summed E-state index contributed by atoms with van der Waals surface area (Å²) in [5, 5.41) is 2.03. The zero-order valence-electron chi connectivity index (χ0n) is 8.03. The Bertz CT molecular complexity index is 351. The van der Waals surface area contributed by atoms with E-state index in [2.05, 4.69) is 6.07 Å². The van der Waals surface area contributed by atoms with Crippen LogP contribution in [-0.4, -0.2) is 5.97 Å². The molecule has 74 valence electrons. The highest BCUT2D eigenvalue weighted by Crippen LogP contribution is 2.23. The Kier molecular flexibility index (Phi) is 2.68. The zero-order valence-corrected chi connectivity index (χ0v) is 8.84. The maximum Gasteiger partial charge on any atom is 0.314 e. The van der Waals surface area contributed by atoms with Crippen molar-refractivity contribution >= 4 is 17.3 Å². The van der Waals surface area contributed by atoms with Crippen LogP contribution in [0.2, 0.25) is 0 Å². The van der Waals surface area contributed by atoms with Crippen molar-refractivity contribution in [1.82, 2.24) is 0 Å². The molecule has 0 aromatic carbocycles. The van der Waals surface area contributed by atoms with Crippen LogP contribution in [0.4, 0.5) is 0 Å². The van der Waals surface area contributed by atoms with Crippen LogP contribution in [0.3, 0.4) is 0 Å². The Morgan fingerprint density at radius 1 is 1.64 bits per heavy atom. The van der Waals surface area contributed by atoms with Crippen molar-refractivity contribution in [3.8, 4) is 0 Å². The monoisotopic (exact) mass is 208 g/mol. The number of rotatable bonds is 2. The van der Waals surface area contributed by atoms with Crippen LogP contribution in [0.5, 0.6) is 0 Å². The van der Waals surface area contributed by atoms with Crippen LogP contribution >= 0.6 is 11.3 Å². The molecule has 0 saturated carbocycles. The number of hydrogen-bond acceptors (Lipinski definition) is 3. The smallest absolute Gasteiger partial charge is 0.314 e. The second-order valence-corrected chi connectivity index (χ2v) is 4.48. The van der Waals surface area contributed by atoms with E-state index in [1.54, 1.807) is 11.3 Å². The number of esters is 1. The number of ether oxygens (including phenoxy) is 1. The average molecular weight is 208 g/mol. The molecule has 0 bridgehead atoms. The number of thiophene rings is 1. The van der Waals surface area contributed by atoms with Crippen molar-refractivity contribution in [2.75, 3.05) is 0 Å². The maximum absolute atomic E-state index is 11.5. The molecule has 1 aliphatic heterocycles. The molecule has 1 aromatic heterocycles. The predicted octanol–water partition coefficient (Wildman–Crippen LogP) is 2.76. The first kappa shape index (κ1) is 9.46. The largest absolute Gasteiger partial charge is 0.431 e. The van der Waals surface area contributed by atoms with Gasteiger partial charge in [0, 0.05) is 4.88 Å². The van der Waals surface area contributed by atoms with Gasteiger partial charge in [-0.25, -0.2) is 0 Å². The molecule has 0 N–H and O–H groups in total. The molecule has 3 heteroatoms. The summed E-state index contributed by atoms with van der Waals surface area (Å²) in [6.07, 6.45) is 3.60. The van der Waals surface area contributed by atoms with E-state index in [1.165, 1.54) is 4.88 Å². The molecule has 1 aromatic rings. The Morgan fingerprint density at radius 2 is 2.50 bits per heavy atom. The van der Waals surface area contributed by atoms with Crippen molar-refractivity contribution in [3.05, 3.63) is 34.2 Å². The van der Waals surface area contributed by atoms with Crippen molar-refractivity contribution in [2.24, 2.45) is 5.92 Å². The minimum absolute atomic E-state index is 0.0114. The van der Waals surface area contributed by atoms with Gasteiger partial charge in [0.2, 0.25) is 0 Å². The fourth-order valence-corrected chi connectivity index (χ4v) is 2.31. The van der Waals surface area contributed by atoms with Gasteiger partial charge in [0.15, 0.2) is 0 Å². The van der Waals surface area contributed by atoms with E-state index < -0.39 is 0 Å². The third-order valence-electron chi connectivity index (χ3n) is 2.31. The van der Waals surface area contributed by atoms with Crippen molar-refractivity contribution in [3.63, 3.8) is 0 Å². The summed E-state index contributed by atoms with van der Waals surface area (Å²) in [5.74, 6) is 0.660. The fourth-order valence-electron chi connectivity index (χ4n) is 1.53. The summed E-state index contributed by atoms with van der Waals surface area (Å²) in [7, 11) is 0. The number of cyclic esters (lactones) is 1. The molecule has 0 amide bonds. The standard InChI is InChI=1S/C11H12O2S/c1-8-4-5-9(11(12)13-8)7-10-3-2-6-14-10/h2-4,6,9H,5,7H2,1H3. The second-order valence-electron chi connectivity index (χ2n) is 3.45. The molecular weight excluding hydrogens is 196 g/mol. The van der Waals surface area contributed by atoms with Gasteiger partial charge in [-0.15, -0.1) is 11.3 Å². The highest BCUT2D eigenvalue weighted by Gasteiger charge is 2.23. The van der Waals surface area contributed by atoms with Gasteiger partial charge >= 0.3 is 5.97 Å². The quantitative estimate of drug-likeness (QED) is 0.698. The van der Waals surface area contributed by atoms with Gasteiger partial charge in [0.25, 0.3) is 0 Å². The number of hydrogen-bond donors (Lipinski definition) is 0. The van der Waals surface area contributed by atoms with Gasteiger partial charge in [0.1, 0.15) is 5.76 Å². The van der Waals surface area contributed by atoms with Gasteiger partial charge in [-0.05, 0) is 37.3 Å². The molecule has 0 saturated heterocycles. The molecule has 1 aliphatic rings. The maximum atomic E-state index is 11.5. The molecule has 0 fully saturated rings. The first-order valence-corrected chi connectivity index (χ1v) is 5.54. The van der Waals surface area contributed by atoms with Gasteiger partial charge in [0.05, 0.1) is 5.92 Å². The van der Waals surface area contributed by atoms with E-state index in [9.17, 15) is 4.79 Å². The third kappa shape index (κ3) is 2.04. The Morgan fingerprint density at radius 3 is 3.14 bits per heavy atom. The SMILES string of the molecule is CC1=CCC(Cc2cccs2)C(=O)O1. The van der Waals surface area contributed by atoms with Crippen LogP contribution in [0, 0.1) is 5.92 Å². The molecule has 2 nitrogen and oxygen atoms in total. The molecule has 2 rings (SSSR count). The molecule has 2 heterocycles. The van der Waals surface area contributed by atoms with Gasteiger partial charge < -0.3 is 4.74 Å². The minimum Gasteiger partial charge on any atom is -0.431 e. The molecule has 1 atom stereocenters.